The first-order valence-electron chi connectivity index (χ1n) is 9.59. The smallest absolute Gasteiger partial charge is 0.339 e. The fourth-order valence-electron chi connectivity index (χ4n) is 3.14. The van der Waals surface area contributed by atoms with Gasteiger partial charge in [0.2, 0.25) is 0 Å². The summed E-state index contributed by atoms with van der Waals surface area (Å²) in [6.07, 6.45) is 0. The molecule has 0 aliphatic carbocycles. The second-order valence-corrected chi connectivity index (χ2v) is 6.93. The Kier molecular flexibility index (Phi) is 5.52. The van der Waals surface area contributed by atoms with Crippen molar-refractivity contribution in [2.45, 2.75) is 6.92 Å². The highest BCUT2D eigenvalue weighted by molar-refractivity contribution is 6.05. The number of fused-ring (bicyclic) bond motifs is 1. The van der Waals surface area contributed by atoms with E-state index < -0.39 is 11.9 Å². The molecular formula is C25H20N2O3. The average molecular weight is 396 g/mol. The molecule has 1 heterocycles. The summed E-state index contributed by atoms with van der Waals surface area (Å²) in [4.78, 5) is 29.7. The van der Waals surface area contributed by atoms with Crippen molar-refractivity contribution in [3.8, 4) is 11.3 Å². The number of anilines is 1. The number of nitrogens with zero attached hydrogens (tertiary/aromatic N) is 1. The van der Waals surface area contributed by atoms with E-state index in [1.165, 1.54) is 0 Å². The lowest BCUT2D eigenvalue weighted by Crippen LogP contribution is -2.21. The molecule has 0 radical (unpaired) electrons. The van der Waals surface area contributed by atoms with E-state index in [-0.39, 0.29) is 6.61 Å². The van der Waals surface area contributed by atoms with Crippen molar-refractivity contribution in [3.63, 3.8) is 0 Å². The van der Waals surface area contributed by atoms with Crippen molar-refractivity contribution in [2.24, 2.45) is 0 Å². The van der Waals surface area contributed by atoms with E-state index in [9.17, 15) is 9.59 Å². The Balaban J connectivity index is 1.55. The minimum atomic E-state index is -0.565. The first-order chi connectivity index (χ1) is 14.6. The predicted octanol–water partition coefficient (Wildman–Crippen LogP) is 5.01. The standard InChI is InChI=1S/C25H20N2O3/c1-17-11-13-19(14-12-17)26-24(28)16-30-25(29)21-15-23(18-7-3-2-4-8-18)27-22-10-6-5-9-20(21)22/h2-15H,16H2,1H3,(H,26,28). The topological polar surface area (TPSA) is 68.3 Å². The van der Waals surface area contributed by atoms with Crippen LogP contribution in [0, 0.1) is 6.92 Å². The van der Waals surface area contributed by atoms with Crippen molar-refractivity contribution in [3.05, 3.63) is 96.1 Å². The van der Waals surface area contributed by atoms with Gasteiger partial charge in [-0.25, -0.2) is 9.78 Å². The molecule has 1 amide bonds. The molecule has 0 saturated heterocycles. The van der Waals surface area contributed by atoms with Crippen molar-refractivity contribution in [1.29, 1.82) is 0 Å². The van der Waals surface area contributed by atoms with Gasteiger partial charge in [-0.1, -0.05) is 66.2 Å². The Labute approximate surface area is 174 Å². The number of esters is 1. The molecule has 0 atom stereocenters. The van der Waals surface area contributed by atoms with Crippen molar-refractivity contribution < 1.29 is 14.3 Å². The first-order valence-corrected chi connectivity index (χ1v) is 9.59. The summed E-state index contributed by atoms with van der Waals surface area (Å²) in [5.41, 5.74) is 4.39. The number of para-hydroxylation sites is 1. The second-order valence-electron chi connectivity index (χ2n) is 6.93. The fourth-order valence-corrected chi connectivity index (χ4v) is 3.14. The van der Waals surface area contributed by atoms with Crippen LogP contribution in [0.4, 0.5) is 5.69 Å². The van der Waals surface area contributed by atoms with E-state index in [1.54, 1.807) is 18.2 Å². The number of nitrogens with one attached hydrogen (secondary N) is 1. The van der Waals surface area contributed by atoms with Gasteiger partial charge in [0, 0.05) is 16.6 Å². The van der Waals surface area contributed by atoms with E-state index in [4.69, 9.17) is 4.74 Å². The number of benzene rings is 3. The Morgan fingerprint density at radius 2 is 1.60 bits per heavy atom. The maximum Gasteiger partial charge on any atom is 0.339 e. The number of carbonyl (C=O) groups is 2. The Hall–Kier alpha value is -3.99. The Morgan fingerprint density at radius 1 is 0.900 bits per heavy atom. The van der Waals surface area contributed by atoms with Gasteiger partial charge in [-0.2, -0.15) is 0 Å². The number of ether oxygens (including phenoxy) is 1. The zero-order chi connectivity index (χ0) is 20.9. The highest BCUT2D eigenvalue weighted by Gasteiger charge is 2.16. The first kappa shape index (κ1) is 19.3. The minimum Gasteiger partial charge on any atom is -0.452 e. The summed E-state index contributed by atoms with van der Waals surface area (Å²) in [5, 5.41) is 3.40. The highest BCUT2D eigenvalue weighted by Crippen LogP contribution is 2.25. The normalized spacial score (nSPS) is 10.6. The molecule has 0 bridgehead atoms. The lowest BCUT2D eigenvalue weighted by molar-refractivity contribution is -0.119. The Morgan fingerprint density at radius 3 is 2.37 bits per heavy atom. The molecule has 148 valence electrons. The lowest BCUT2D eigenvalue weighted by atomic mass is 10.0. The van der Waals surface area contributed by atoms with Gasteiger partial charge in [-0.3, -0.25) is 4.79 Å². The molecule has 1 N–H and O–H groups in total. The van der Waals surface area contributed by atoms with Crippen LogP contribution < -0.4 is 5.32 Å². The summed E-state index contributed by atoms with van der Waals surface area (Å²) in [6, 6.07) is 26.1. The summed E-state index contributed by atoms with van der Waals surface area (Å²) < 4.78 is 5.31. The molecule has 5 nitrogen and oxygen atoms in total. The molecule has 5 heteroatoms. The zero-order valence-electron chi connectivity index (χ0n) is 16.5. The number of aryl methyl sites for hydroxylation is 1. The molecule has 0 fully saturated rings. The van der Waals surface area contributed by atoms with Gasteiger partial charge in [-0.05, 0) is 31.2 Å². The number of carbonyl (C=O) groups excluding carboxylic acids is 2. The summed E-state index contributed by atoms with van der Waals surface area (Å²) >= 11 is 0. The van der Waals surface area contributed by atoms with Crippen LogP contribution in [-0.2, 0) is 9.53 Å². The predicted molar refractivity (Wildman–Crippen MR) is 117 cm³/mol. The van der Waals surface area contributed by atoms with E-state index in [0.717, 1.165) is 11.1 Å². The molecule has 0 saturated carbocycles. The molecule has 3 aromatic carbocycles. The van der Waals surface area contributed by atoms with Crippen LogP contribution in [0.15, 0.2) is 84.9 Å². The maximum atomic E-state index is 12.8. The van der Waals surface area contributed by atoms with Gasteiger partial charge in [0.25, 0.3) is 5.91 Å². The van der Waals surface area contributed by atoms with Crippen LogP contribution in [0.2, 0.25) is 0 Å². The maximum absolute atomic E-state index is 12.8. The third-order valence-electron chi connectivity index (χ3n) is 4.68. The molecule has 1 aromatic heterocycles. The zero-order valence-corrected chi connectivity index (χ0v) is 16.5. The van der Waals surface area contributed by atoms with Crippen molar-refractivity contribution >= 4 is 28.5 Å². The Bertz CT molecular complexity index is 1200. The van der Waals surface area contributed by atoms with Gasteiger partial charge in [0.1, 0.15) is 0 Å². The minimum absolute atomic E-state index is 0.371. The van der Waals surface area contributed by atoms with Gasteiger partial charge in [0.05, 0.1) is 16.8 Å². The van der Waals surface area contributed by atoms with Crippen LogP contribution in [0.3, 0.4) is 0 Å². The fraction of sp³-hybridized carbons (Fsp3) is 0.0800. The lowest BCUT2D eigenvalue weighted by Gasteiger charge is -2.10. The monoisotopic (exact) mass is 396 g/mol. The van der Waals surface area contributed by atoms with Gasteiger partial charge in [0.15, 0.2) is 6.61 Å². The molecule has 4 rings (SSSR count). The average Bonchev–Trinajstić information content (AvgIpc) is 2.79. The van der Waals surface area contributed by atoms with Crippen LogP contribution >= 0.6 is 0 Å². The van der Waals surface area contributed by atoms with Crippen LogP contribution in [0.25, 0.3) is 22.2 Å². The SMILES string of the molecule is Cc1ccc(NC(=O)COC(=O)c2cc(-c3ccccc3)nc3ccccc23)cc1. The molecule has 30 heavy (non-hydrogen) atoms. The molecule has 4 aromatic rings. The molecule has 0 aliphatic rings. The molecular weight excluding hydrogens is 376 g/mol. The quantitative estimate of drug-likeness (QED) is 0.482. The van der Waals surface area contributed by atoms with E-state index >= 15 is 0 Å². The van der Waals surface area contributed by atoms with Gasteiger partial charge in [-0.15, -0.1) is 0 Å². The van der Waals surface area contributed by atoms with Crippen LogP contribution in [0.1, 0.15) is 15.9 Å². The molecule has 0 spiro atoms. The summed E-state index contributed by atoms with van der Waals surface area (Å²) in [5.74, 6) is -0.960. The van der Waals surface area contributed by atoms with Crippen LogP contribution in [0.5, 0.6) is 0 Å². The molecule has 0 unspecified atom stereocenters. The number of amides is 1. The van der Waals surface area contributed by atoms with E-state index in [2.05, 4.69) is 10.3 Å². The number of hydrogen-bond acceptors (Lipinski definition) is 4. The molecule has 0 aliphatic heterocycles. The second kappa shape index (κ2) is 8.57. The van der Waals surface area contributed by atoms with Crippen molar-refractivity contribution in [2.75, 3.05) is 11.9 Å². The van der Waals surface area contributed by atoms with Gasteiger partial charge < -0.3 is 10.1 Å². The third-order valence-corrected chi connectivity index (χ3v) is 4.68. The largest absolute Gasteiger partial charge is 0.452 e. The number of hydrogen-bond donors (Lipinski definition) is 1. The number of rotatable bonds is 5. The number of aromatic nitrogens is 1. The van der Waals surface area contributed by atoms with E-state index in [0.29, 0.717) is 27.8 Å². The van der Waals surface area contributed by atoms with Crippen molar-refractivity contribution in [1.82, 2.24) is 4.98 Å². The summed E-state index contributed by atoms with van der Waals surface area (Å²) in [7, 11) is 0. The highest BCUT2D eigenvalue weighted by atomic mass is 16.5. The summed E-state index contributed by atoms with van der Waals surface area (Å²) in [6.45, 7) is 1.60. The number of pyridine rings is 1. The van der Waals surface area contributed by atoms with Crippen LogP contribution in [-0.4, -0.2) is 23.5 Å². The third kappa shape index (κ3) is 4.36. The van der Waals surface area contributed by atoms with E-state index in [1.807, 2.05) is 73.7 Å². The van der Waals surface area contributed by atoms with Gasteiger partial charge >= 0.3 is 5.97 Å².